The van der Waals surface area contributed by atoms with Gasteiger partial charge in [0.05, 0.1) is 6.54 Å². The van der Waals surface area contributed by atoms with Gasteiger partial charge in [-0.05, 0) is 31.0 Å². The average Bonchev–Trinajstić information content (AvgIpc) is 3.06. The SMILES string of the molecule is O=C(CN1CCN(C2CCCCC2)CC1)c1c[nH]c2ccc(F)cc12. The van der Waals surface area contributed by atoms with Crippen molar-refractivity contribution in [2.75, 3.05) is 32.7 Å². The molecule has 4 rings (SSSR count). The number of halogens is 1. The third kappa shape index (κ3) is 3.62. The van der Waals surface area contributed by atoms with Gasteiger partial charge in [0.1, 0.15) is 5.82 Å². The van der Waals surface area contributed by atoms with E-state index in [0.29, 0.717) is 17.5 Å². The standard InChI is InChI=1S/C20H26FN3O/c21-15-6-7-19-17(12-15)18(13-22-19)20(25)14-23-8-10-24(11-9-23)16-4-2-1-3-5-16/h6-7,12-13,16,22H,1-5,8-11,14H2. The van der Waals surface area contributed by atoms with Gasteiger partial charge in [-0.15, -0.1) is 0 Å². The summed E-state index contributed by atoms with van der Waals surface area (Å²) in [7, 11) is 0. The molecule has 1 aliphatic heterocycles. The van der Waals surface area contributed by atoms with Crippen molar-refractivity contribution in [2.24, 2.45) is 0 Å². The molecule has 1 saturated carbocycles. The van der Waals surface area contributed by atoms with E-state index >= 15 is 0 Å². The van der Waals surface area contributed by atoms with Crippen LogP contribution in [0.2, 0.25) is 0 Å². The van der Waals surface area contributed by atoms with Gasteiger partial charge in [0, 0.05) is 54.9 Å². The summed E-state index contributed by atoms with van der Waals surface area (Å²) in [6.07, 6.45) is 8.49. The summed E-state index contributed by atoms with van der Waals surface area (Å²) < 4.78 is 13.5. The van der Waals surface area contributed by atoms with Crippen LogP contribution in [0, 0.1) is 5.82 Å². The van der Waals surface area contributed by atoms with E-state index < -0.39 is 0 Å². The number of benzene rings is 1. The number of hydrogen-bond acceptors (Lipinski definition) is 3. The molecule has 0 unspecified atom stereocenters. The van der Waals surface area contributed by atoms with Gasteiger partial charge in [-0.3, -0.25) is 14.6 Å². The van der Waals surface area contributed by atoms with Gasteiger partial charge in [0.15, 0.2) is 5.78 Å². The van der Waals surface area contributed by atoms with Crippen LogP contribution < -0.4 is 0 Å². The fraction of sp³-hybridized carbons (Fsp3) is 0.550. The summed E-state index contributed by atoms with van der Waals surface area (Å²) in [5.41, 5.74) is 1.41. The molecule has 1 aromatic carbocycles. The normalized spacial score (nSPS) is 21.0. The predicted molar refractivity (Wildman–Crippen MR) is 97.5 cm³/mol. The van der Waals surface area contributed by atoms with Crippen molar-refractivity contribution in [3.8, 4) is 0 Å². The molecular formula is C20H26FN3O. The molecule has 2 aromatic rings. The highest BCUT2D eigenvalue weighted by Gasteiger charge is 2.26. The lowest BCUT2D eigenvalue weighted by atomic mass is 9.94. The first kappa shape index (κ1) is 16.7. The maximum absolute atomic E-state index is 13.5. The number of hydrogen-bond donors (Lipinski definition) is 1. The first-order chi connectivity index (χ1) is 12.2. The van der Waals surface area contributed by atoms with Crippen LogP contribution in [0.15, 0.2) is 24.4 Å². The van der Waals surface area contributed by atoms with E-state index in [1.54, 1.807) is 12.3 Å². The molecule has 1 saturated heterocycles. The number of aromatic amines is 1. The molecule has 0 atom stereocenters. The number of piperazine rings is 1. The highest BCUT2D eigenvalue weighted by Crippen LogP contribution is 2.24. The van der Waals surface area contributed by atoms with E-state index in [4.69, 9.17) is 0 Å². The molecule has 2 fully saturated rings. The molecule has 2 aliphatic rings. The van der Waals surface area contributed by atoms with E-state index in [9.17, 15) is 9.18 Å². The zero-order valence-corrected chi connectivity index (χ0v) is 14.6. The van der Waals surface area contributed by atoms with Crippen LogP contribution in [0.25, 0.3) is 10.9 Å². The van der Waals surface area contributed by atoms with Crippen molar-refractivity contribution in [2.45, 2.75) is 38.1 Å². The number of aromatic nitrogens is 1. The maximum Gasteiger partial charge on any atom is 0.178 e. The summed E-state index contributed by atoms with van der Waals surface area (Å²) in [5.74, 6) is -0.231. The topological polar surface area (TPSA) is 39.3 Å². The minimum Gasteiger partial charge on any atom is -0.360 e. The third-order valence-corrected chi connectivity index (χ3v) is 5.81. The number of carbonyl (C=O) groups is 1. The smallest absolute Gasteiger partial charge is 0.178 e. The summed E-state index contributed by atoms with van der Waals surface area (Å²) in [6.45, 7) is 4.42. The zero-order chi connectivity index (χ0) is 17.2. The van der Waals surface area contributed by atoms with Crippen molar-refractivity contribution in [3.63, 3.8) is 0 Å². The van der Waals surface area contributed by atoms with Crippen molar-refractivity contribution < 1.29 is 9.18 Å². The fourth-order valence-corrected chi connectivity index (χ4v) is 4.34. The molecule has 2 heterocycles. The second kappa shape index (κ2) is 7.26. The first-order valence-corrected chi connectivity index (χ1v) is 9.47. The number of ketones is 1. The molecule has 25 heavy (non-hydrogen) atoms. The largest absolute Gasteiger partial charge is 0.360 e. The third-order valence-electron chi connectivity index (χ3n) is 5.81. The Hall–Kier alpha value is -1.72. The Kier molecular flexibility index (Phi) is 4.86. The van der Waals surface area contributed by atoms with E-state index in [0.717, 1.165) is 37.7 Å². The summed E-state index contributed by atoms with van der Waals surface area (Å²) >= 11 is 0. The number of rotatable bonds is 4. The number of fused-ring (bicyclic) bond motifs is 1. The summed E-state index contributed by atoms with van der Waals surface area (Å²) in [5, 5.41) is 0.686. The predicted octanol–water partition coefficient (Wildman–Crippen LogP) is 3.44. The van der Waals surface area contributed by atoms with Crippen LogP contribution in [0.3, 0.4) is 0 Å². The Morgan fingerprint density at radius 1 is 1.12 bits per heavy atom. The first-order valence-electron chi connectivity index (χ1n) is 9.47. The molecule has 0 bridgehead atoms. The summed E-state index contributed by atoms with van der Waals surface area (Å²) in [6, 6.07) is 5.30. The van der Waals surface area contributed by atoms with Crippen LogP contribution >= 0.6 is 0 Å². The maximum atomic E-state index is 13.5. The molecule has 4 nitrogen and oxygen atoms in total. The van der Waals surface area contributed by atoms with Crippen LogP contribution in [0.5, 0.6) is 0 Å². The highest BCUT2D eigenvalue weighted by molar-refractivity contribution is 6.08. The van der Waals surface area contributed by atoms with Crippen LogP contribution in [-0.4, -0.2) is 59.3 Å². The van der Waals surface area contributed by atoms with Crippen molar-refractivity contribution in [3.05, 3.63) is 35.8 Å². The van der Waals surface area contributed by atoms with Gasteiger partial charge in [0.2, 0.25) is 0 Å². The molecule has 1 N–H and O–H groups in total. The monoisotopic (exact) mass is 343 g/mol. The molecule has 0 amide bonds. The molecule has 1 aliphatic carbocycles. The van der Waals surface area contributed by atoms with Gasteiger partial charge >= 0.3 is 0 Å². The van der Waals surface area contributed by atoms with E-state index in [2.05, 4.69) is 14.8 Å². The van der Waals surface area contributed by atoms with Crippen LogP contribution in [0.4, 0.5) is 4.39 Å². The number of nitrogens with one attached hydrogen (secondary N) is 1. The molecule has 134 valence electrons. The van der Waals surface area contributed by atoms with Gasteiger partial charge < -0.3 is 4.98 Å². The van der Waals surface area contributed by atoms with Crippen molar-refractivity contribution >= 4 is 16.7 Å². The molecule has 0 radical (unpaired) electrons. The minimum atomic E-state index is -0.303. The summed E-state index contributed by atoms with van der Waals surface area (Å²) in [4.78, 5) is 20.6. The lowest BCUT2D eigenvalue weighted by Gasteiger charge is -2.40. The molecule has 5 heteroatoms. The number of carbonyl (C=O) groups excluding carboxylic acids is 1. The quantitative estimate of drug-likeness (QED) is 0.865. The van der Waals surface area contributed by atoms with E-state index in [-0.39, 0.29) is 11.6 Å². The Balaban J connectivity index is 1.36. The van der Waals surface area contributed by atoms with Gasteiger partial charge in [-0.1, -0.05) is 19.3 Å². The van der Waals surface area contributed by atoms with Crippen molar-refractivity contribution in [1.29, 1.82) is 0 Å². The van der Waals surface area contributed by atoms with Crippen molar-refractivity contribution in [1.82, 2.24) is 14.8 Å². The Morgan fingerprint density at radius 2 is 1.88 bits per heavy atom. The highest BCUT2D eigenvalue weighted by atomic mass is 19.1. The van der Waals surface area contributed by atoms with Gasteiger partial charge in [0.25, 0.3) is 0 Å². The Morgan fingerprint density at radius 3 is 2.64 bits per heavy atom. The van der Waals surface area contributed by atoms with Crippen LogP contribution in [-0.2, 0) is 0 Å². The van der Waals surface area contributed by atoms with E-state index in [1.807, 2.05) is 0 Å². The van der Waals surface area contributed by atoms with Gasteiger partial charge in [-0.2, -0.15) is 0 Å². The zero-order valence-electron chi connectivity index (χ0n) is 14.6. The lowest BCUT2D eigenvalue weighted by Crippen LogP contribution is -2.51. The second-order valence-electron chi connectivity index (χ2n) is 7.42. The number of Topliss-reactive ketones (excluding diaryl/α,β-unsaturated/α-hetero) is 1. The molecular weight excluding hydrogens is 317 g/mol. The lowest BCUT2D eigenvalue weighted by molar-refractivity contribution is 0.0692. The number of H-pyrrole nitrogens is 1. The van der Waals surface area contributed by atoms with Gasteiger partial charge in [-0.25, -0.2) is 4.39 Å². The minimum absolute atomic E-state index is 0.0722. The molecule has 0 spiro atoms. The average molecular weight is 343 g/mol. The Bertz CT molecular complexity index is 742. The van der Waals surface area contributed by atoms with E-state index in [1.165, 1.54) is 44.2 Å². The second-order valence-corrected chi connectivity index (χ2v) is 7.42. The molecule has 1 aromatic heterocycles. The Labute approximate surface area is 148 Å². The fourth-order valence-electron chi connectivity index (χ4n) is 4.34. The van der Waals surface area contributed by atoms with Crippen LogP contribution in [0.1, 0.15) is 42.5 Å². The number of nitrogens with zero attached hydrogens (tertiary/aromatic N) is 2.